The standard InChI is InChI=1S/C25H22N4O3/c1-18-9-7-13-20(17-18)27-23(30)21-14-5-6-15-22(21)28-24(31)25(32)29-26-16-8-12-19-10-3-2-4-11-19/h2-17H,1H3,(H,27,30)(H,28,31)(H,29,32). The van der Waals surface area contributed by atoms with Crippen molar-refractivity contribution in [2.45, 2.75) is 6.92 Å². The summed E-state index contributed by atoms with van der Waals surface area (Å²) < 4.78 is 0. The summed E-state index contributed by atoms with van der Waals surface area (Å²) in [4.78, 5) is 36.9. The molecule has 0 saturated carbocycles. The van der Waals surface area contributed by atoms with Gasteiger partial charge in [0.2, 0.25) is 0 Å². The van der Waals surface area contributed by atoms with Crippen LogP contribution in [-0.2, 0) is 9.59 Å². The molecule has 160 valence electrons. The summed E-state index contributed by atoms with van der Waals surface area (Å²) >= 11 is 0. The molecule has 0 fully saturated rings. The maximum absolute atomic E-state index is 12.7. The first-order valence-electron chi connectivity index (χ1n) is 9.86. The SMILES string of the molecule is Cc1cccc(NC(=O)c2ccccc2NC(=O)C(=O)NN=CC=Cc2ccccc2)c1. The highest BCUT2D eigenvalue weighted by molar-refractivity contribution is 6.40. The zero-order chi connectivity index (χ0) is 22.8. The van der Waals surface area contributed by atoms with Crippen LogP contribution in [-0.4, -0.2) is 23.9 Å². The second kappa shape index (κ2) is 11.0. The van der Waals surface area contributed by atoms with Crippen LogP contribution in [0.2, 0.25) is 0 Å². The van der Waals surface area contributed by atoms with Crippen LogP contribution >= 0.6 is 0 Å². The van der Waals surface area contributed by atoms with Gasteiger partial charge in [-0.05, 0) is 48.4 Å². The third kappa shape index (κ3) is 6.50. The molecule has 0 unspecified atom stereocenters. The second-order valence-electron chi connectivity index (χ2n) is 6.81. The molecule has 3 aromatic carbocycles. The molecule has 3 rings (SSSR count). The number of allylic oxidation sites excluding steroid dienone is 1. The fourth-order valence-electron chi connectivity index (χ4n) is 2.80. The number of nitrogens with one attached hydrogen (secondary N) is 3. The first kappa shape index (κ1) is 22.2. The maximum atomic E-state index is 12.7. The molecule has 0 aliphatic heterocycles. The van der Waals surface area contributed by atoms with Gasteiger partial charge in [0.05, 0.1) is 11.3 Å². The van der Waals surface area contributed by atoms with Gasteiger partial charge in [0.25, 0.3) is 5.91 Å². The monoisotopic (exact) mass is 426 g/mol. The molecule has 0 radical (unpaired) electrons. The quantitative estimate of drug-likeness (QED) is 0.316. The molecular weight excluding hydrogens is 404 g/mol. The van der Waals surface area contributed by atoms with E-state index in [0.717, 1.165) is 11.1 Å². The number of benzene rings is 3. The summed E-state index contributed by atoms with van der Waals surface area (Å²) in [7, 11) is 0. The average molecular weight is 426 g/mol. The van der Waals surface area contributed by atoms with Crippen LogP contribution in [0, 0.1) is 6.92 Å². The predicted molar refractivity (Wildman–Crippen MR) is 126 cm³/mol. The van der Waals surface area contributed by atoms with Gasteiger partial charge in [0.1, 0.15) is 0 Å². The fraction of sp³-hybridized carbons (Fsp3) is 0.0400. The van der Waals surface area contributed by atoms with Crippen molar-refractivity contribution in [3.8, 4) is 0 Å². The van der Waals surface area contributed by atoms with Gasteiger partial charge in [-0.3, -0.25) is 14.4 Å². The number of carbonyl (C=O) groups is 3. The van der Waals surface area contributed by atoms with Crippen molar-refractivity contribution in [3.63, 3.8) is 0 Å². The Morgan fingerprint density at radius 3 is 2.34 bits per heavy atom. The van der Waals surface area contributed by atoms with Gasteiger partial charge in [-0.1, -0.05) is 60.7 Å². The van der Waals surface area contributed by atoms with E-state index in [0.29, 0.717) is 5.69 Å². The topological polar surface area (TPSA) is 99.7 Å². The predicted octanol–water partition coefficient (Wildman–Crippen LogP) is 4.00. The third-order valence-electron chi connectivity index (χ3n) is 4.32. The van der Waals surface area contributed by atoms with E-state index in [1.807, 2.05) is 55.5 Å². The van der Waals surface area contributed by atoms with Crippen molar-refractivity contribution in [2.75, 3.05) is 10.6 Å². The van der Waals surface area contributed by atoms with E-state index in [1.165, 1.54) is 6.21 Å². The van der Waals surface area contributed by atoms with E-state index < -0.39 is 17.7 Å². The molecule has 0 saturated heterocycles. The Labute approximate surface area is 185 Å². The number of hydrogen-bond acceptors (Lipinski definition) is 4. The van der Waals surface area contributed by atoms with Crippen molar-refractivity contribution in [1.29, 1.82) is 0 Å². The molecule has 7 nitrogen and oxygen atoms in total. The normalized spacial score (nSPS) is 10.8. The number of hydrogen-bond donors (Lipinski definition) is 3. The number of rotatable bonds is 6. The zero-order valence-corrected chi connectivity index (χ0v) is 17.4. The van der Waals surface area contributed by atoms with Crippen LogP contribution in [0.25, 0.3) is 6.08 Å². The van der Waals surface area contributed by atoms with Crippen molar-refractivity contribution in [2.24, 2.45) is 5.10 Å². The summed E-state index contributed by atoms with van der Waals surface area (Å²) in [5.74, 6) is -2.30. The van der Waals surface area contributed by atoms with Crippen LogP contribution in [0.4, 0.5) is 11.4 Å². The van der Waals surface area contributed by atoms with E-state index in [2.05, 4.69) is 21.2 Å². The lowest BCUT2D eigenvalue weighted by Gasteiger charge is -2.11. The first-order valence-corrected chi connectivity index (χ1v) is 9.86. The van der Waals surface area contributed by atoms with Gasteiger partial charge in [0, 0.05) is 11.9 Å². The summed E-state index contributed by atoms with van der Waals surface area (Å²) in [6.07, 6.45) is 4.80. The van der Waals surface area contributed by atoms with Crippen molar-refractivity contribution in [3.05, 3.63) is 102 Å². The minimum atomic E-state index is -0.955. The molecule has 3 amide bonds. The van der Waals surface area contributed by atoms with E-state index in [9.17, 15) is 14.4 Å². The summed E-state index contributed by atoms with van der Waals surface area (Å²) in [5, 5.41) is 8.95. The Hall–Kier alpha value is -4.52. The number of aryl methyl sites for hydroxylation is 1. The number of anilines is 2. The highest BCUT2D eigenvalue weighted by Crippen LogP contribution is 2.18. The van der Waals surface area contributed by atoms with Crippen molar-refractivity contribution >= 4 is 41.4 Å². The highest BCUT2D eigenvalue weighted by Gasteiger charge is 2.17. The van der Waals surface area contributed by atoms with Gasteiger partial charge < -0.3 is 10.6 Å². The van der Waals surface area contributed by atoms with Crippen LogP contribution in [0.15, 0.2) is 90.0 Å². The molecule has 0 bridgehead atoms. The van der Waals surface area contributed by atoms with Crippen LogP contribution in [0.5, 0.6) is 0 Å². The number of carbonyl (C=O) groups excluding carboxylic acids is 3. The minimum Gasteiger partial charge on any atom is -0.322 e. The molecule has 0 aliphatic rings. The number of hydrazone groups is 1. The summed E-state index contributed by atoms with van der Waals surface area (Å²) in [5.41, 5.74) is 5.20. The van der Waals surface area contributed by atoms with Gasteiger partial charge in [-0.2, -0.15) is 5.10 Å². The molecule has 0 aromatic heterocycles. The van der Waals surface area contributed by atoms with E-state index >= 15 is 0 Å². The Balaban J connectivity index is 1.58. The minimum absolute atomic E-state index is 0.214. The Morgan fingerprint density at radius 1 is 0.812 bits per heavy atom. The fourth-order valence-corrected chi connectivity index (χ4v) is 2.80. The molecule has 3 N–H and O–H groups in total. The van der Waals surface area contributed by atoms with E-state index in [4.69, 9.17) is 0 Å². The molecule has 0 atom stereocenters. The lowest BCUT2D eigenvalue weighted by atomic mass is 10.1. The number of nitrogens with zero attached hydrogens (tertiary/aromatic N) is 1. The zero-order valence-electron chi connectivity index (χ0n) is 17.4. The van der Waals surface area contributed by atoms with Crippen molar-refractivity contribution < 1.29 is 14.4 Å². The summed E-state index contributed by atoms with van der Waals surface area (Å²) in [6, 6.07) is 23.3. The van der Waals surface area contributed by atoms with Gasteiger partial charge in [-0.15, -0.1) is 0 Å². The Kier molecular flexibility index (Phi) is 7.64. The molecule has 0 aliphatic carbocycles. The van der Waals surface area contributed by atoms with Crippen LogP contribution in [0.1, 0.15) is 21.5 Å². The molecule has 3 aromatic rings. The van der Waals surface area contributed by atoms with Crippen LogP contribution in [0.3, 0.4) is 0 Å². The number of para-hydroxylation sites is 1. The largest absolute Gasteiger partial charge is 0.329 e. The second-order valence-corrected chi connectivity index (χ2v) is 6.81. The van der Waals surface area contributed by atoms with Gasteiger partial charge in [-0.25, -0.2) is 5.43 Å². The van der Waals surface area contributed by atoms with Gasteiger partial charge in [0.15, 0.2) is 0 Å². The summed E-state index contributed by atoms with van der Waals surface area (Å²) in [6.45, 7) is 1.92. The molecule has 0 heterocycles. The van der Waals surface area contributed by atoms with E-state index in [1.54, 1.807) is 42.5 Å². The Morgan fingerprint density at radius 2 is 1.56 bits per heavy atom. The molecule has 7 heteroatoms. The number of amides is 3. The van der Waals surface area contributed by atoms with Gasteiger partial charge >= 0.3 is 11.8 Å². The smallest absolute Gasteiger partial charge is 0.322 e. The molecule has 0 spiro atoms. The average Bonchev–Trinajstić information content (AvgIpc) is 2.79. The highest BCUT2D eigenvalue weighted by atomic mass is 16.2. The van der Waals surface area contributed by atoms with E-state index in [-0.39, 0.29) is 11.3 Å². The first-order chi connectivity index (χ1) is 15.5. The maximum Gasteiger partial charge on any atom is 0.329 e. The lowest BCUT2D eigenvalue weighted by molar-refractivity contribution is -0.136. The lowest BCUT2D eigenvalue weighted by Crippen LogP contribution is -2.33. The van der Waals surface area contributed by atoms with Crippen LogP contribution < -0.4 is 16.1 Å². The molecular formula is C25H22N4O3. The molecule has 32 heavy (non-hydrogen) atoms. The van der Waals surface area contributed by atoms with Crippen molar-refractivity contribution in [1.82, 2.24) is 5.43 Å². The Bertz CT molecular complexity index is 1170. The third-order valence-corrected chi connectivity index (χ3v) is 4.32.